The summed E-state index contributed by atoms with van der Waals surface area (Å²) >= 11 is 0. The minimum absolute atomic E-state index is 0.0731. The first-order chi connectivity index (χ1) is 14.1. The summed E-state index contributed by atoms with van der Waals surface area (Å²) in [5.41, 5.74) is 4.90. The molecule has 3 aromatic rings. The molecule has 0 spiro atoms. The summed E-state index contributed by atoms with van der Waals surface area (Å²) in [6.45, 7) is 0. The predicted octanol–water partition coefficient (Wildman–Crippen LogP) is 5.30. The zero-order chi connectivity index (χ0) is 20.2. The Hall–Kier alpha value is -3.79. The largest absolute Gasteiger partial charge is 0.323 e. The summed E-state index contributed by atoms with van der Waals surface area (Å²) in [6.07, 6.45) is 5.55. The van der Waals surface area contributed by atoms with Crippen LogP contribution in [0.15, 0.2) is 84.4 Å². The summed E-state index contributed by atoms with van der Waals surface area (Å²) in [4.78, 5) is 24.5. The zero-order valence-corrected chi connectivity index (χ0v) is 15.6. The van der Waals surface area contributed by atoms with Crippen molar-refractivity contribution in [3.8, 4) is 0 Å². The predicted molar refractivity (Wildman–Crippen MR) is 113 cm³/mol. The molecule has 4 heteroatoms. The smallest absolute Gasteiger partial charge is 0.248 e. The van der Waals surface area contributed by atoms with Gasteiger partial charge in [0.15, 0.2) is 5.78 Å². The van der Waals surface area contributed by atoms with E-state index in [1.807, 2.05) is 42.5 Å². The summed E-state index contributed by atoms with van der Waals surface area (Å²) in [7, 11) is 0. The number of hydrogen-bond donors (Lipinski definition) is 1. The molecule has 1 amide bonds. The third-order valence-corrected chi connectivity index (χ3v) is 4.75. The maximum absolute atomic E-state index is 12.9. The Morgan fingerprint density at radius 3 is 2.31 bits per heavy atom. The molecular weight excluding hydrogens is 365 g/mol. The van der Waals surface area contributed by atoms with Gasteiger partial charge in [0.25, 0.3) is 0 Å². The average Bonchev–Trinajstić information content (AvgIpc) is 3.05. The van der Waals surface area contributed by atoms with Gasteiger partial charge in [-0.3, -0.25) is 9.59 Å². The van der Waals surface area contributed by atoms with Crippen LogP contribution in [-0.2, 0) is 11.2 Å². The second-order valence-corrected chi connectivity index (χ2v) is 6.83. The summed E-state index contributed by atoms with van der Waals surface area (Å²) < 4.78 is 12.9. The van der Waals surface area contributed by atoms with Crippen molar-refractivity contribution in [2.75, 3.05) is 5.32 Å². The van der Waals surface area contributed by atoms with Crippen LogP contribution in [0.2, 0.25) is 0 Å². The van der Waals surface area contributed by atoms with E-state index in [0.29, 0.717) is 12.1 Å². The molecule has 0 fully saturated rings. The van der Waals surface area contributed by atoms with Gasteiger partial charge in [0.2, 0.25) is 5.91 Å². The Balaban J connectivity index is 1.40. The first kappa shape index (κ1) is 18.6. The number of hydrogen-bond acceptors (Lipinski definition) is 2. The first-order valence-electron chi connectivity index (χ1n) is 9.26. The standard InChI is InChI=1S/C25H18FNO2/c26-21-10-5-17(6-11-21)9-14-24(28)27-22-12-7-18(8-13-22)15-20-16-19-3-1-2-4-23(19)25(20)29/h1-15H,16H2,(H,27,28)/b14-9+,20-15+. The highest BCUT2D eigenvalue weighted by Crippen LogP contribution is 2.27. The van der Waals surface area contributed by atoms with Crippen molar-refractivity contribution in [1.82, 2.24) is 0 Å². The highest BCUT2D eigenvalue weighted by molar-refractivity contribution is 6.15. The number of fused-ring (bicyclic) bond motifs is 1. The van der Waals surface area contributed by atoms with E-state index in [-0.39, 0.29) is 17.5 Å². The van der Waals surface area contributed by atoms with E-state index in [4.69, 9.17) is 0 Å². The van der Waals surface area contributed by atoms with Crippen LogP contribution in [0.4, 0.5) is 10.1 Å². The van der Waals surface area contributed by atoms with Crippen LogP contribution in [0.5, 0.6) is 0 Å². The van der Waals surface area contributed by atoms with Crippen LogP contribution in [0.25, 0.3) is 12.2 Å². The summed E-state index contributed by atoms with van der Waals surface area (Å²) in [6, 6.07) is 20.9. The number of ketones is 1. The Morgan fingerprint density at radius 2 is 1.59 bits per heavy atom. The molecular formula is C25H18FNO2. The van der Waals surface area contributed by atoms with Crippen LogP contribution in [0.3, 0.4) is 0 Å². The number of rotatable bonds is 4. The number of amides is 1. The topological polar surface area (TPSA) is 46.2 Å². The van der Waals surface area contributed by atoms with Crippen molar-refractivity contribution in [3.05, 3.63) is 113 Å². The monoisotopic (exact) mass is 383 g/mol. The molecule has 142 valence electrons. The van der Waals surface area contributed by atoms with E-state index in [1.165, 1.54) is 18.2 Å². The molecule has 0 heterocycles. The molecule has 3 aromatic carbocycles. The van der Waals surface area contributed by atoms with E-state index in [1.54, 1.807) is 30.3 Å². The lowest BCUT2D eigenvalue weighted by atomic mass is 10.1. The van der Waals surface area contributed by atoms with E-state index in [9.17, 15) is 14.0 Å². The molecule has 0 unspecified atom stereocenters. The number of allylic oxidation sites excluding steroid dienone is 1. The van der Waals surface area contributed by atoms with Crippen molar-refractivity contribution in [1.29, 1.82) is 0 Å². The van der Waals surface area contributed by atoms with E-state index in [2.05, 4.69) is 5.32 Å². The Morgan fingerprint density at radius 1 is 0.897 bits per heavy atom. The quantitative estimate of drug-likeness (QED) is 0.622. The van der Waals surface area contributed by atoms with Crippen LogP contribution < -0.4 is 5.32 Å². The van der Waals surface area contributed by atoms with Gasteiger partial charge in [-0.05, 0) is 53.1 Å². The number of carbonyl (C=O) groups excluding carboxylic acids is 2. The van der Waals surface area contributed by atoms with Crippen molar-refractivity contribution in [2.24, 2.45) is 0 Å². The normalized spacial score (nSPS) is 14.4. The molecule has 4 rings (SSSR count). The van der Waals surface area contributed by atoms with Gasteiger partial charge in [0.05, 0.1) is 0 Å². The van der Waals surface area contributed by atoms with E-state index in [0.717, 1.165) is 27.8 Å². The lowest BCUT2D eigenvalue weighted by Gasteiger charge is -2.03. The molecule has 0 atom stereocenters. The lowest BCUT2D eigenvalue weighted by Crippen LogP contribution is -2.07. The number of carbonyl (C=O) groups is 2. The Kier molecular flexibility index (Phi) is 5.16. The van der Waals surface area contributed by atoms with Gasteiger partial charge in [-0.2, -0.15) is 0 Å². The van der Waals surface area contributed by atoms with Crippen LogP contribution >= 0.6 is 0 Å². The molecule has 1 aliphatic rings. The second-order valence-electron chi connectivity index (χ2n) is 6.83. The fourth-order valence-corrected chi connectivity index (χ4v) is 3.26. The highest BCUT2D eigenvalue weighted by Gasteiger charge is 2.23. The fourth-order valence-electron chi connectivity index (χ4n) is 3.26. The molecule has 0 aliphatic heterocycles. The third kappa shape index (κ3) is 4.38. The molecule has 1 aliphatic carbocycles. The van der Waals surface area contributed by atoms with Crippen molar-refractivity contribution < 1.29 is 14.0 Å². The molecule has 0 saturated heterocycles. The Labute approximate surface area is 168 Å². The fraction of sp³-hybridized carbons (Fsp3) is 0.0400. The number of anilines is 1. The van der Waals surface area contributed by atoms with Gasteiger partial charge in [0, 0.05) is 29.3 Å². The molecule has 1 N–H and O–H groups in total. The summed E-state index contributed by atoms with van der Waals surface area (Å²) in [5, 5.41) is 2.78. The molecule has 0 radical (unpaired) electrons. The highest BCUT2D eigenvalue weighted by atomic mass is 19.1. The van der Waals surface area contributed by atoms with E-state index >= 15 is 0 Å². The minimum Gasteiger partial charge on any atom is -0.323 e. The van der Waals surface area contributed by atoms with Crippen LogP contribution in [-0.4, -0.2) is 11.7 Å². The van der Waals surface area contributed by atoms with Crippen molar-refractivity contribution in [2.45, 2.75) is 6.42 Å². The van der Waals surface area contributed by atoms with Crippen molar-refractivity contribution >= 4 is 29.5 Å². The number of halogens is 1. The molecule has 0 bridgehead atoms. The number of benzene rings is 3. The maximum Gasteiger partial charge on any atom is 0.248 e. The van der Waals surface area contributed by atoms with Gasteiger partial charge in [-0.25, -0.2) is 4.39 Å². The molecule has 0 aromatic heterocycles. The zero-order valence-electron chi connectivity index (χ0n) is 15.6. The molecule has 29 heavy (non-hydrogen) atoms. The van der Waals surface area contributed by atoms with Crippen LogP contribution in [0, 0.1) is 5.82 Å². The number of Topliss-reactive ketones (excluding diaryl/α,β-unsaturated/α-hetero) is 1. The minimum atomic E-state index is -0.315. The second kappa shape index (κ2) is 8.07. The molecule has 3 nitrogen and oxygen atoms in total. The maximum atomic E-state index is 12.9. The first-order valence-corrected chi connectivity index (χ1v) is 9.26. The lowest BCUT2D eigenvalue weighted by molar-refractivity contribution is -0.111. The van der Waals surface area contributed by atoms with Gasteiger partial charge in [0.1, 0.15) is 5.82 Å². The molecule has 0 saturated carbocycles. The van der Waals surface area contributed by atoms with Gasteiger partial charge in [-0.1, -0.05) is 48.5 Å². The van der Waals surface area contributed by atoms with E-state index < -0.39 is 0 Å². The SMILES string of the molecule is O=C(/C=C/c1ccc(F)cc1)Nc1ccc(/C=C2\Cc3ccccc3C2=O)cc1. The van der Waals surface area contributed by atoms with Crippen LogP contribution in [0.1, 0.15) is 27.0 Å². The number of nitrogens with one attached hydrogen (secondary N) is 1. The van der Waals surface area contributed by atoms with Gasteiger partial charge < -0.3 is 5.32 Å². The Bertz CT molecular complexity index is 1130. The average molecular weight is 383 g/mol. The third-order valence-electron chi connectivity index (χ3n) is 4.75. The van der Waals surface area contributed by atoms with Crippen molar-refractivity contribution in [3.63, 3.8) is 0 Å². The summed E-state index contributed by atoms with van der Waals surface area (Å²) in [5.74, 6) is -0.518. The van der Waals surface area contributed by atoms with Gasteiger partial charge in [-0.15, -0.1) is 0 Å². The van der Waals surface area contributed by atoms with Gasteiger partial charge >= 0.3 is 0 Å².